The van der Waals surface area contributed by atoms with E-state index in [4.69, 9.17) is 19.4 Å². The Balaban J connectivity index is 1.53. The molecule has 0 aromatic carbocycles. The third-order valence-electron chi connectivity index (χ3n) is 5.33. The van der Waals surface area contributed by atoms with Crippen molar-refractivity contribution in [3.8, 4) is 6.07 Å². The van der Waals surface area contributed by atoms with E-state index in [1.54, 1.807) is 19.4 Å². The Kier molecular flexibility index (Phi) is 6.55. The lowest BCUT2D eigenvalue weighted by molar-refractivity contribution is 0.121. The molecule has 0 aliphatic carbocycles. The zero-order chi connectivity index (χ0) is 21.6. The molecule has 3 aromatic heterocycles. The Labute approximate surface area is 181 Å². The number of nitrogens with zero attached hydrogens (tertiary/aromatic N) is 5. The zero-order valence-corrected chi connectivity index (χ0v) is 17.8. The van der Waals surface area contributed by atoms with Gasteiger partial charge in [0.05, 0.1) is 30.2 Å². The van der Waals surface area contributed by atoms with Crippen LogP contribution in [0, 0.1) is 18.3 Å². The molecule has 1 aliphatic rings. The lowest BCUT2D eigenvalue weighted by atomic mass is 9.98. The minimum atomic E-state index is 0.200. The average Bonchev–Trinajstić information content (AvgIpc) is 3.21. The standard InChI is InChI=1S/C23H26N6O2/c1-16-26-21(11-23(27-16)28-18-7-6-17(12-24)25-13-18)22-5-3-4-10-29(22)14-19-8-9-20(31-19)15-30-2/h6-9,11,13,22H,3-5,10,14-15H2,1-2H3,(H,26,27,28)/t22-/m1/s1. The lowest BCUT2D eigenvalue weighted by Gasteiger charge is -2.35. The molecule has 0 bridgehead atoms. The topological polar surface area (TPSA) is 100 Å². The van der Waals surface area contributed by atoms with Gasteiger partial charge in [-0.3, -0.25) is 4.90 Å². The molecule has 0 saturated carbocycles. The monoisotopic (exact) mass is 418 g/mol. The molecule has 1 atom stereocenters. The number of likely N-dealkylation sites (tertiary alicyclic amines) is 1. The number of nitrogens with one attached hydrogen (secondary N) is 1. The summed E-state index contributed by atoms with van der Waals surface area (Å²) in [6.07, 6.45) is 5.00. The number of methoxy groups -OCH3 is 1. The Morgan fingerprint density at radius 2 is 2.10 bits per heavy atom. The molecule has 160 valence electrons. The summed E-state index contributed by atoms with van der Waals surface area (Å²) >= 11 is 0. The molecular weight excluding hydrogens is 392 g/mol. The van der Waals surface area contributed by atoms with Gasteiger partial charge < -0.3 is 14.5 Å². The van der Waals surface area contributed by atoms with Crippen LogP contribution in [0.5, 0.6) is 0 Å². The summed E-state index contributed by atoms with van der Waals surface area (Å²) in [5, 5.41) is 12.2. The summed E-state index contributed by atoms with van der Waals surface area (Å²) < 4.78 is 11.1. The number of furan rings is 1. The van der Waals surface area contributed by atoms with Crippen molar-refractivity contribution in [3.05, 3.63) is 65.3 Å². The highest BCUT2D eigenvalue weighted by atomic mass is 16.5. The summed E-state index contributed by atoms with van der Waals surface area (Å²) in [7, 11) is 1.67. The number of ether oxygens (including phenoxy) is 1. The first-order valence-electron chi connectivity index (χ1n) is 10.4. The average molecular weight is 419 g/mol. The highest BCUT2D eigenvalue weighted by Crippen LogP contribution is 2.32. The van der Waals surface area contributed by atoms with Crippen molar-refractivity contribution >= 4 is 11.5 Å². The molecule has 4 rings (SSSR count). The molecule has 8 heteroatoms. The number of pyridine rings is 1. The van der Waals surface area contributed by atoms with E-state index in [2.05, 4.69) is 20.2 Å². The Morgan fingerprint density at radius 3 is 2.87 bits per heavy atom. The number of rotatable bonds is 7. The number of nitriles is 1. The molecule has 0 unspecified atom stereocenters. The predicted molar refractivity (Wildman–Crippen MR) is 115 cm³/mol. The number of aromatic nitrogens is 3. The van der Waals surface area contributed by atoms with E-state index in [-0.39, 0.29) is 6.04 Å². The largest absolute Gasteiger partial charge is 0.462 e. The molecule has 31 heavy (non-hydrogen) atoms. The van der Waals surface area contributed by atoms with Crippen molar-refractivity contribution in [2.45, 2.75) is 45.4 Å². The summed E-state index contributed by atoms with van der Waals surface area (Å²) in [6.45, 7) is 4.12. The minimum Gasteiger partial charge on any atom is -0.462 e. The quantitative estimate of drug-likeness (QED) is 0.607. The third-order valence-corrected chi connectivity index (χ3v) is 5.33. The summed E-state index contributed by atoms with van der Waals surface area (Å²) in [5.41, 5.74) is 2.17. The molecule has 8 nitrogen and oxygen atoms in total. The molecule has 1 saturated heterocycles. The molecule has 1 N–H and O–H groups in total. The molecule has 0 radical (unpaired) electrons. The smallest absolute Gasteiger partial charge is 0.140 e. The van der Waals surface area contributed by atoms with Gasteiger partial charge in [-0.1, -0.05) is 6.42 Å². The van der Waals surface area contributed by atoms with Crippen LogP contribution in [-0.2, 0) is 17.9 Å². The minimum absolute atomic E-state index is 0.200. The first-order chi connectivity index (χ1) is 15.1. The molecular formula is C23H26N6O2. The SMILES string of the molecule is COCc1ccc(CN2CCCC[C@@H]2c2cc(Nc3ccc(C#N)nc3)nc(C)n2)o1. The maximum absolute atomic E-state index is 8.92. The first kappa shape index (κ1) is 21.0. The van der Waals surface area contributed by atoms with Gasteiger partial charge in [0.1, 0.15) is 41.5 Å². The normalized spacial score (nSPS) is 16.7. The number of piperidine rings is 1. The molecule has 3 aromatic rings. The number of hydrogen-bond donors (Lipinski definition) is 1. The lowest BCUT2D eigenvalue weighted by Crippen LogP contribution is -2.33. The highest BCUT2D eigenvalue weighted by molar-refractivity contribution is 5.55. The molecule has 4 heterocycles. The molecule has 0 amide bonds. The van der Waals surface area contributed by atoms with Gasteiger partial charge in [-0.05, 0) is 50.6 Å². The van der Waals surface area contributed by atoms with Crippen molar-refractivity contribution < 1.29 is 9.15 Å². The molecule has 0 spiro atoms. The van der Waals surface area contributed by atoms with Gasteiger partial charge in [-0.15, -0.1) is 0 Å². The van der Waals surface area contributed by atoms with Crippen LogP contribution in [0.4, 0.5) is 11.5 Å². The van der Waals surface area contributed by atoms with Crippen LogP contribution in [0.2, 0.25) is 0 Å². The van der Waals surface area contributed by atoms with Crippen LogP contribution in [0.25, 0.3) is 0 Å². The first-order valence-corrected chi connectivity index (χ1v) is 10.4. The fourth-order valence-electron chi connectivity index (χ4n) is 3.95. The summed E-state index contributed by atoms with van der Waals surface area (Å²) in [4.78, 5) is 15.8. The molecule has 1 aliphatic heterocycles. The van der Waals surface area contributed by atoms with Crippen LogP contribution in [0.1, 0.15) is 54.0 Å². The second kappa shape index (κ2) is 9.69. The van der Waals surface area contributed by atoms with E-state index < -0.39 is 0 Å². The van der Waals surface area contributed by atoms with Crippen molar-refractivity contribution in [2.24, 2.45) is 0 Å². The number of hydrogen-bond acceptors (Lipinski definition) is 8. The summed E-state index contributed by atoms with van der Waals surface area (Å²) in [6, 6.07) is 11.7. The van der Waals surface area contributed by atoms with Gasteiger partial charge in [0.2, 0.25) is 0 Å². The van der Waals surface area contributed by atoms with E-state index in [1.807, 2.05) is 37.3 Å². The van der Waals surface area contributed by atoms with Gasteiger partial charge in [0, 0.05) is 13.2 Å². The fourth-order valence-corrected chi connectivity index (χ4v) is 3.95. The zero-order valence-electron chi connectivity index (χ0n) is 17.8. The van der Waals surface area contributed by atoms with Crippen LogP contribution in [0.15, 0.2) is 40.9 Å². The maximum atomic E-state index is 8.92. The van der Waals surface area contributed by atoms with Crippen LogP contribution in [-0.4, -0.2) is 33.5 Å². The second-order valence-corrected chi connectivity index (χ2v) is 7.68. The van der Waals surface area contributed by atoms with E-state index in [1.165, 1.54) is 6.42 Å². The van der Waals surface area contributed by atoms with Crippen LogP contribution >= 0.6 is 0 Å². The Morgan fingerprint density at radius 1 is 1.23 bits per heavy atom. The van der Waals surface area contributed by atoms with Crippen molar-refractivity contribution in [1.29, 1.82) is 5.26 Å². The van der Waals surface area contributed by atoms with Crippen molar-refractivity contribution in [1.82, 2.24) is 19.9 Å². The van der Waals surface area contributed by atoms with Crippen LogP contribution < -0.4 is 5.32 Å². The predicted octanol–water partition coefficient (Wildman–Crippen LogP) is 4.26. The van der Waals surface area contributed by atoms with Crippen molar-refractivity contribution in [3.63, 3.8) is 0 Å². The maximum Gasteiger partial charge on any atom is 0.140 e. The van der Waals surface area contributed by atoms with Crippen LogP contribution in [0.3, 0.4) is 0 Å². The van der Waals surface area contributed by atoms with Gasteiger partial charge in [-0.2, -0.15) is 5.26 Å². The number of aryl methyl sites for hydroxylation is 1. The second-order valence-electron chi connectivity index (χ2n) is 7.68. The number of anilines is 2. The van der Waals surface area contributed by atoms with E-state index in [9.17, 15) is 0 Å². The summed E-state index contributed by atoms with van der Waals surface area (Å²) in [5.74, 6) is 3.21. The Hall–Kier alpha value is -3.28. The molecule has 1 fully saturated rings. The third kappa shape index (κ3) is 5.26. The fraction of sp³-hybridized carbons (Fsp3) is 0.391. The van der Waals surface area contributed by atoms with Gasteiger partial charge in [0.25, 0.3) is 0 Å². The van der Waals surface area contributed by atoms with E-state index >= 15 is 0 Å². The van der Waals surface area contributed by atoms with E-state index in [0.29, 0.717) is 18.1 Å². The highest BCUT2D eigenvalue weighted by Gasteiger charge is 2.26. The van der Waals surface area contributed by atoms with E-state index in [0.717, 1.165) is 54.7 Å². The Bertz CT molecular complexity index is 1060. The van der Waals surface area contributed by atoms with Gasteiger partial charge in [-0.25, -0.2) is 15.0 Å². The van der Waals surface area contributed by atoms with Crippen molar-refractivity contribution in [2.75, 3.05) is 19.0 Å². The van der Waals surface area contributed by atoms with Gasteiger partial charge in [0.15, 0.2) is 0 Å². The van der Waals surface area contributed by atoms with Gasteiger partial charge >= 0.3 is 0 Å².